The second kappa shape index (κ2) is 6.67. The number of hydrogen-bond acceptors (Lipinski definition) is 3. The molecule has 1 aromatic carbocycles. The van der Waals surface area contributed by atoms with Crippen LogP contribution >= 0.6 is 0 Å². The molecule has 0 aliphatic carbocycles. The Morgan fingerprint density at radius 1 is 1.24 bits per heavy atom. The Balaban J connectivity index is 1.89. The molecule has 0 saturated carbocycles. The van der Waals surface area contributed by atoms with Gasteiger partial charge in [0.25, 0.3) is 5.91 Å². The molecule has 0 fully saturated rings. The number of carbonyl (C=O) groups excluding carboxylic acids is 2. The van der Waals surface area contributed by atoms with Crippen molar-refractivity contribution in [1.29, 1.82) is 0 Å². The third kappa shape index (κ3) is 3.14. The van der Waals surface area contributed by atoms with Gasteiger partial charge < -0.3 is 9.80 Å². The van der Waals surface area contributed by atoms with Gasteiger partial charge in [-0.2, -0.15) is 0 Å². The monoisotopic (exact) mass is 337 g/mol. The molecule has 1 aromatic heterocycles. The minimum absolute atomic E-state index is 0.0103. The number of aromatic nitrogens is 1. The SMILES string of the molecule is Cc1cc(N(C)C(=O)[C@@H](C(C)C)N2Cc3ccccc3C2=O)ccn1. The maximum atomic E-state index is 13.2. The standard InChI is InChI=1S/C20H23N3O2/c1-13(2)18(20(25)22(4)16-9-10-21-14(3)11-16)23-12-15-7-5-6-8-17(15)19(23)24/h5-11,13,18H,12H2,1-4H3/t18-/m1/s1. The molecule has 1 atom stereocenters. The summed E-state index contributed by atoms with van der Waals surface area (Å²) in [5.41, 5.74) is 3.31. The summed E-state index contributed by atoms with van der Waals surface area (Å²) in [5.74, 6) is -0.139. The highest BCUT2D eigenvalue weighted by molar-refractivity contribution is 6.04. The van der Waals surface area contributed by atoms with Crippen LogP contribution in [0.4, 0.5) is 5.69 Å². The average molecular weight is 337 g/mol. The third-order valence-corrected chi connectivity index (χ3v) is 4.67. The van der Waals surface area contributed by atoms with E-state index in [2.05, 4.69) is 4.98 Å². The van der Waals surface area contributed by atoms with Crippen LogP contribution in [-0.4, -0.2) is 34.8 Å². The molecule has 2 heterocycles. The van der Waals surface area contributed by atoms with Gasteiger partial charge in [-0.05, 0) is 36.6 Å². The van der Waals surface area contributed by atoms with E-state index in [4.69, 9.17) is 0 Å². The lowest BCUT2D eigenvalue weighted by atomic mass is 10.0. The molecule has 130 valence electrons. The summed E-state index contributed by atoms with van der Waals surface area (Å²) in [6.45, 7) is 6.32. The van der Waals surface area contributed by atoms with E-state index >= 15 is 0 Å². The number of nitrogens with zero attached hydrogens (tertiary/aromatic N) is 3. The minimum atomic E-state index is -0.502. The van der Waals surface area contributed by atoms with Crippen molar-refractivity contribution in [2.75, 3.05) is 11.9 Å². The topological polar surface area (TPSA) is 53.5 Å². The lowest BCUT2D eigenvalue weighted by molar-refractivity contribution is -0.124. The molecule has 0 saturated heterocycles. The van der Waals surface area contributed by atoms with Gasteiger partial charge in [0.15, 0.2) is 0 Å². The summed E-state index contributed by atoms with van der Waals surface area (Å²) in [6, 6.07) is 10.7. The van der Waals surface area contributed by atoms with Crippen LogP contribution in [-0.2, 0) is 11.3 Å². The van der Waals surface area contributed by atoms with E-state index in [1.807, 2.05) is 57.2 Å². The van der Waals surface area contributed by atoms with Gasteiger partial charge >= 0.3 is 0 Å². The zero-order chi connectivity index (χ0) is 18.1. The van der Waals surface area contributed by atoms with E-state index < -0.39 is 6.04 Å². The third-order valence-electron chi connectivity index (χ3n) is 4.67. The van der Waals surface area contributed by atoms with Crippen LogP contribution in [0.2, 0.25) is 0 Å². The predicted octanol–water partition coefficient (Wildman–Crippen LogP) is 3.03. The van der Waals surface area contributed by atoms with Gasteiger partial charge in [0.05, 0.1) is 0 Å². The molecule has 0 N–H and O–H groups in total. The smallest absolute Gasteiger partial charge is 0.255 e. The fourth-order valence-electron chi connectivity index (χ4n) is 3.34. The highest BCUT2D eigenvalue weighted by atomic mass is 16.2. The normalized spacial score (nSPS) is 14.6. The molecule has 25 heavy (non-hydrogen) atoms. The van der Waals surface area contributed by atoms with Crippen LogP contribution in [0.1, 0.15) is 35.5 Å². The number of amides is 2. The van der Waals surface area contributed by atoms with Crippen molar-refractivity contribution in [2.45, 2.75) is 33.4 Å². The number of likely N-dealkylation sites (N-methyl/N-ethyl adjacent to an activating group) is 1. The van der Waals surface area contributed by atoms with Crippen LogP contribution in [0.3, 0.4) is 0 Å². The maximum absolute atomic E-state index is 13.2. The molecular formula is C20H23N3O2. The van der Waals surface area contributed by atoms with Crippen molar-refractivity contribution in [3.63, 3.8) is 0 Å². The largest absolute Gasteiger partial charge is 0.322 e. The molecule has 2 amide bonds. The van der Waals surface area contributed by atoms with Gasteiger partial charge in [-0.3, -0.25) is 14.6 Å². The Morgan fingerprint density at radius 3 is 2.60 bits per heavy atom. The molecule has 0 bridgehead atoms. The second-order valence-corrected chi connectivity index (χ2v) is 6.83. The molecule has 1 aliphatic heterocycles. The highest BCUT2D eigenvalue weighted by Crippen LogP contribution is 2.28. The Morgan fingerprint density at radius 2 is 1.96 bits per heavy atom. The zero-order valence-electron chi connectivity index (χ0n) is 15.1. The van der Waals surface area contributed by atoms with Crippen LogP contribution in [0.25, 0.3) is 0 Å². The number of rotatable bonds is 4. The number of hydrogen-bond donors (Lipinski definition) is 0. The lowest BCUT2D eigenvalue weighted by Gasteiger charge is -2.33. The first-order chi connectivity index (χ1) is 11.9. The number of carbonyl (C=O) groups is 2. The molecule has 1 aliphatic rings. The molecule has 0 unspecified atom stereocenters. The summed E-state index contributed by atoms with van der Waals surface area (Å²) in [4.78, 5) is 33.5. The van der Waals surface area contributed by atoms with E-state index in [1.54, 1.807) is 23.0 Å². The van der Waals surface area contributed by atoms with Crippen molar-refractivity contribution in [3.05, 3.63) is 59.4 Å². The van der Waals surface area contributed by atoms with E-state index in [0.717, 1.165) is 16.9 Å². The number of benzene rings is 1. The number of pyridine rings is 1. The average Bonchev–Trinajstić information content (AvgIpc) is 2.91. The van der Waals surface area contributed by atoms with E-state index in [0.29, 0.717) is 12.1 Å². The fourth-order valence-corrected chi connectivity index (χ4v) is 3.34. The highest BCUT2D eigenvalue weighted by Gasteiger charge is 2.39. The molecule has 2 aromatic rings. The van der Waals surface area contributed by atoms with Gasteiger partial charge in [-0.25, -0.2) is 0 Å². The van der Waals surface area contributed by atoms with Crippen LogP contribution in [0.15, 0.2) is 42.6 Å². The molecule has 0 spiro atoms. The maximum Gasteiger partial charge on any atom is 0.255 e. The summed E-state index contributed by atoms with van der Waals surface area (Å²) >= 11 is 0. The zero-order valence-corrected chi connectivity index (χ0v) is 15.1. The quantitative estimate of drug-likeness (QED) is 0.862. The number of fused-ring (bicyclic) bond motifs is 1. The number of aryl methyl sites for hydroxylation is 1. The van der Waals surface area contributed by atoms with Crippen LogP contribution in [0.5, 0.6) is 0 Å². The molecule has 3 rings (SSSR count). The van der Waals surface area contributed by atoms with Gasteiger partial charge in [0, 0.05) is 36.7 Å². The summed E-state index contributed by atoms with van der Waals surface area (Å²) in [7, 11) is 1.75. The first-order valence-corrected chi connectivity index (χ1v) is 8.49. The Labute approximate surface area is 148 Å². The molecule has 0 radical (unpaired) electrons. The fraction of sp³-hybridized carbons (Fsp3) is 0.350. The van der Waals surface area contributed by atoms with Gasteiger partial charge in [0.1, 0.15) is 6.04 Å². The Kier molecular flexibility index (Phi) is 4.57. The lowest BCUT2D eigenvalue weighted by Crippen LogP contribution is -2.50. The van der Waals surface area contributed by atoms with Crippen molar-refractivity contribution >= 4 is 17.5 Å². The summed E-state index contributed by atoms with van der Waals surface area (Å²) in [6.07, 6.45) is 1.69. The van der Waals surface area contributed by atoms with E-state index in [9.17, 15) is 9.59 Å². The summed E-state index contributed by atoms with van der Waals surface area (Å²) < 4.78 is 0. The van der Waals surface area contributed by atoms with E-state index in [1.165, 1.54) is 0 Å². The Hall–Kier alpha value is -2.69. The van der Waals surface area contributed by atoms with Crippen LogP contribution < -0.4 is 4.90 Å². The predicted molar refractivity (Wildman–Crippen MR) is 97.3 cm³/mol. The summed E-state index contributed by atoms with van der Waals surface area (Å²) in [5, 5.41) is 0. The first-order valence-electron chi connectivity index (χ1n) is 8.49. The number of anilines is 1. The molecule has 5 nitrogen and oxygen atoms in total. The van der Waals surface area contributed by atoms with Crippen LogP contribution in [0, 0.1) is 12.8 Å². The van der Waals surface area contributed by atoms with Crippen molar-refractivity contribution in [1.82, 2.24) is 9.88 Å². The minimum Gasteiger partial charge on any atom is -0.322 e. The van der Waals surface area contributed by atoms with Crippen molar-refractivity contribution in [3.8, 4) is 0 Å². The van der Waals surface area contributed by atoms with Gasteiger partial charge in [-0.1, -0.05) is 32.0 Å². The molecule has 5 heteroatoms. The van der Waals surface area contributed by atoms with E-state index in [-0.39, 0.29) is 17.7 Å². The Bertz CT molecular complexity index is 816. The second-order valence-electron chi connectivity index (χ2n) is 6.83. The molecular weight excluding hydrogens is 314 g/mol. The van der Waals surface area contributed by atoms with Gasteiger partial charge in [0.2, 0.25) is 5.91 Å². The first kappa shape index (κ1) is 17.1. The van der Waals surface area contributed by atoms with Gasteiger partial charge in [-0.15, -0.1) is 0 Å². The van der Waals surface area contributed by atoms with Crippen molar-refractivity contribution < 1.29 is 9.59 Å². The van der Waals surface area contributed by atoms with Crippen molar-refractivity contribution in [2.24, 2.45) is 5.92 Å².